The SMILES string of the molecule is C[N+]1(Cc2ccc(NC(=O)C3=Cc4cc(-c5ccccc5)ccc4CC3)cc2)CCCC1I. The molecule has 1 heterocycles. The summed E-state index contributed by atoms with van der Waals surface area (Å²) in [6, 6.07) is 25.4. The van der Waals surface area contributed by atoms with Crippen molar-refractivity contribution in [1.29, 1.82) is 0 Å². The first-order chi connectivity index (χ1) is 16.0. The summed E-state index contributed by atoms with van der Waals surface area (Å²) in [4.78, 5) is 13.0. The average Bonchev–Trinajstić information content (AvgIpc) is 3.17. The topological polar surface area (TPSA) is 29.1 Å². The highest BCUT2D eigenvalue weighted by molar-refractivity contribution is 14.1. The fraction of sp³-hybridized carbons (Fsp3) is 0.276. The molecule has 0 radical (unpaired) electrons. The fourth-order valence-corrected chi connectivity index (χ4v) is 5.96. The number of benzene rings is 3. The van der Waals surface area contributed by atoms with Crippen molar-refractivity contribution < 1.29 is 9.28 Å². The fourth-order valence-electron chi connectivity index (χ4n) is 5.05. The van der Waals surface area contributed by atoms with E-state index in [1.165, 1.54) is 41.6 Å². The molecule has 1 aliphatic heterocycles. The number of carbonyl (C=O) groups is 1. The molecule has 0 spiro atoms. The Hall–Kier alpha value is -2.44. The van der Waals surface area contributed by atoms with Crippen molar-refractivity contribution in [3.05, 3.63) is 95.1 Å². The number of fused-ring (bicyclic) bond motifs is 1. The number of hydrogen-bond acceptors (Lipinski definition) is 1. The van der Waals surface area contributed by atoms with Crippen LogP contribution < -0.4 is 5.32 Å². The quantitative estimate of drug-likeness (QED) is 0.161. The van der Waals surface area contributed by atoms with Crippen LogP contribution in [0.4, 0.5) is 5.69 Å². The molecule has 168 valence electrons. The number of carbonyl (C=O) groups excluding carboxylic acids is 1. The number of anilines is 1. The Bertz CT molecular complexity index is 1190. The van der Waals surface area contributed by atoms with Crippen LogP contribution >= 0.6 is 22.6 Å². The Morgan fingerprint density at radius 3 is 2.52 bits per heavy atom. The Morgan fingerprint density at radius 1 is 1.00 bits per heavy atom. The van der Waals surface area contributed by atoms with Gasteiger partial charge in [0, 0.05) is 29.7 Å². The van der Waals surface area contributed by atoms with E-state index >= 15 is 0 Å². The monoisotopic (exact) mass is 549 g/mol. The number of amides is 1. The summed E-state index contributed by atoms with van der Waals surface area (Å²) in [6.45, 7) is 2.29. The lowest BCUT2D eigenvalue weighted by atomic mass is 9.89. The largest absolute Gasteiger partial charge is 0.322 e. The lowest BCUT2D eigenvalue weighted by Crippen LogP contribution is -2.44. The van der Waals surface area contributed by atoms with E-state index in [0.29, 0.717) is 4.05 Å². The molecule has 5 rings (SSSR count). The third-order valence-electron chi connectivity index (χ3n) is 7.08. The lowest BCUT2D eigenvalue weighted by Gasteiger charge is -2.33. The second kappa shape index (κ2) is 9.43. The van der Waals surface area contributed by atoms with Gasteiger partial charge in [-0.1, -0.05) is 54.6 Å². The maximum absolute atomic E-state index is 13.0. The first-order valence-corrected chi connectivity index (χ1v) is 13.0. The third kappa shape index (κ3) is 4.92. The highest BCUT2D eigenvalue weighted by Crippen LogP contribution is 2.32. The summed E-state index contributed by atoms with van der Waals surface area (Å²) >= 11 is 2.60. The van der Waals surface area contributed by atoms with E-state index < -0.39 is 0 Å². The molecular weight excluding hydrogens is 519 g/mol. The van der Waals surface area contributed by atoms with Crippen LogP contribution in [-0.2, 0) is 17.8 Å². The van der Waals surface area contributed by atoms with Gasteiger partial charge in [-0.25, -0.2) is 0 Å². The summed E-state index contributed by atoms with van der Waals surface area (Å²) in [5.41, 5.74) is 7.89. The van der Waals surface area contributed by atoms with Crippen molar-refractivity contribution in [2.24, 2.45) is 0 Å². The summed E-state index contributed by atoms with van der Waals surface area (Å²) in [6.07, 6.45) is 6.35. The van der Waals surface area contributed by atoms with E-state index in [9.17, 15) is 4.79 Å². The molecule has 1 aliphatic carbocycles. The van der Waals surface area contributed by atoms with Gasteiger partial charge < -0.3 is 9.80 Å². The number of aryl methyl sites for hydroxylation is 1. The average molecular weight is 549 g/mol. The van der Waals surface area contributed by atoms with E-state index in [0.717, 1.165) is 40.7 Å². The van der Waals surface area contributed by atoms with Crippen molar-refractivity contribution in [3.63, 3.8) is 0 Å². The van der Waals surface area contributed by atoms with Crippen LogP contribution in [-0.4, -0.2) is 28.0 Å². The van der Waals surface area contributed by atoms with Gasteiger partial charge in [-0.15, -0.1) is 0 Å². The zero-order valence-corrected chi connectivity index (χ0v) is 21.2. The van der Waals surface area contributed by atoms with Gasteiger partial charge in [0.15, 0.2) is 0 Å². The number of alkyl halides is 1. The predicted molar refractivity (Wildman–Crippen MR) is 145 cm³/mol. The first-order valence-electron chi connectivity index (χ1n) is 11.8. The third-order valence-corrected chi connectivity index (χ3v) is 9.05. The standard InChI is InChI=1S/C29H29IN2O/c1-32(17-5-8-28(32)30)20-21-9-15-27(16-10-21)31-29(33)25-14-12-23-11-13-24(18-26(23)19-25)22-6-3-2-4-7-22/h2-4,6-7,9-11,13,15-16,18-19,28H,5,8,12,14,17,20H2,1H3/p+1. The molecule has 4 heteroatoms. The van der Waals surface area contributed by atoms with Crippen LogP contribution in [0.25, 0.3) is 17.2 Å². The molecule has 1 saturated heterocycles. The van der Waals surface area contributed by atoms with Crippen LogP contribution in [0.5, 0.6) is 0 Å². The summed E-state index contributed by atoms with van der Waals surface area (Å²) in [7, 11) is 2.36. The number of nitrogens with one attached hydrogen (secondary N) is 1. The molecule has 33 heavy (non-hydrogen) atoms. The molecule has 2 unspecified atom stereocenters. The summed E-state index contributed by atoms with van der Waals surface area (Å²) in [5.74, 6) is 0.00405. The molecular formula is C29H30IN2O+. The molecule has 2 atom stereocenters. The molecule has 3 aromatic rings. The minimum Gasteiger partial charge on any atom is -0.322 e. The zero-order chi connectivity index (χ0) is 22.8. The van der Waals surface area contributed by atoms with Gasteiger partial charge in [0.2, 0.25) is 0 Å². The van der Waals surface area contributed by atoms with E-state index in [4.69, 9.17) is 0 Å². The Balaban J connectivity index is 1.28. The second-order valence-electron chi connectivity index (χ2n) is 9.54. The maximum Gasteiger partial charge on any atom is 0.251 e. The highest BCUT2D eigenvalue weighted by Gasteiger charge is 2.35. The number of quaternary nitrogens is 1. The number of nitrogens with zero attached hydrogens (tertiary/aromatic N) is 1. The summed E-state index contributed by atoms with van der Waals surface area (Å²) < 4.78 is 1.79. The smallest absolute Gasteiger partial charge is 0.251 e. The Morgan fingerprint density at radius 2 is 1.79 bits per heavy atom. The van der Waals surface area contributed by atoms with Gasteiger partial charge in [0.1, 0.15) is 10.6 Å². The Labute approximate surface area is 210 Å². The number of hydrogen-bond donors (Lipinski definition) is 1. The van der Waals surface area contributed by atoms with Gasteiger partial charge in [-0.05, 0) is 82.0 Å². The van der Waals surface area contributed by atoms with E-state index in [-0.39, 0.29) is 5.91 Å². The van der Waals surface area contributed by atoms with Crippen LogP contribution in [0.2, 0.25) is 0 Å². The molecule has 2 aliphatic rings. The molecule has 1 amide bonds. The van der Waals surface area contributed by atoms with Crippen molar-refractivity contribution in [3.8, 4) is 11.1 Å². The molecule has 1 fully saturated rings. The number of rotatable bonds is 5. The van der Waals surface area contributed by atoms with Crippen molar-refractivity contribution in [2.75, 3.05) is 18.9 Å². The maximum atomic E-state index is 13.0. The van der Waals surface area contributed by atoms with Crippen molar-refractivity contribution >= 4 is 40.3 Å². The van der Waals surface area contributed by atoms with Crippen LogP contribution in [0.15, 0.2) is 78.4 Å². The van der Waals surface area contributed by atoms with Crippen LogP contribution in [0.1, 0.15) is 36.0 Å². The number of likely N-dealkylation sites (tertiary alicyclic amines) is 1. The Kier molecular flexibility index (Phi) is 6.39. The molecule has 0 saturated carbocycles. The predicted octanol–water partition coefficient (Wildman–Crippen LogP) is 6.82. The van der Waals surface area contributed by atoms with Crippen LogP contribution in [0.3, 0.4) is 0 Å². The van der Waals surface area contributed by atoms with Gasteiger partial charge in [0.25, 0.3) is 5.91 Å². The first kappa shape index (κ1) is 22.4. The van der Waals surface area contributed by atoms with Gasteiger partial charge >= 0.3 is 0 Å². The van der Waals surface area contributed by atoms with Crippen molar-refractivity contribution in [1.82, 2.24) is 0 Å². The molecule has 1 N–H and O–H groups in total. The summed E-state index contributed by atoms with van der Waals surface area (Å²) in [5, 5.41) is 3.11. The van der Waals surface area contributed by atoms with Crippen LogP contribution in [0, 0.1) is 0 Å². The van der Waals surface area contributed by atoms with Crippen molar-refractivity contribution in [2.45, 2.75) is 36.3 Å². The van der Waals surface area contributed by atoms with E-state index in [1.54, 1.807) is 0 Å². The second-order valence-corrected chi connectivity index (χ2v) is 11.0. The lowest BCUT2D eigenvalue weighted by molar-refractivity contribution is -0.916. The zero-order valence-electron chi connectivity index (χ0n) is 19.1. The minimum absolute atomic E-state index is 0.00405. The molecule has 3 aromatic carbocycles. The van der Waals surface area contributed by atoms with Gasteiger partial charge in [-0.3, -0.25) is 4.79 Å². The van der Waals surface area contributed by atoms with Gasteiger partial charge in [0.05, 0.1) is 13.6 Å². The minimum atomic E-state index is 0.00405. The van der Waals surface area contributed by atoms with E-state index in [2.05, 4.69) is 95.6 Å². The number of halogens is 1. The van der Waals surface area contributed by atoms with E-state index in [1.807, 2.05) is 18.2 Å². The molecule has 0 bridgehead atoms. The molecule has 3 nitrogen and oxygen atoms in total. The highest BCUT2D eigenvalue weighted by atomic mass is 127. The van der Waals surface area contributed by atoms with Gasteiger partial charge in [-0.2, -0.15) is 0 Å². The molecule has 0 aromatic heterocycles. The normalized spacial score (nSPS) is 21.9.